The van der Waals surface area contributed by atoms with E-state index >= 15 is 0 Å². The Kier molecular flexibility index (Phi) is 8.51. The minimum Gasteiger partial charge on any atom is -0.380 e. The lowest BCUT2D eigenvalue weighted by Gasteiger charge is -2.11. The molecule has 3 aromatic rings. The van der Waals surface area contributed by atoms with Gasteiger partial charge in [-0.2, -0.15) is 5.10 Å². The van der Waals surface area contributed by atoms with Crippen LogP contribution < -0.4 is 10.6 Å². The molecule has 10 heteroatoms. The maximum Gasteiger partial charge on any atom is 0.251 e. The number of nitrogens with one attached hydrogen (secondary N) is 2. The van der Waals surface area contributed by atoms with Gasteiger partial charge < -0.3 is 15.4 Å². The normalized spacial score (nSPS) is 11.3. The van der Waals surface area contributed by atoms with Gasteiger partial charge in [0.1, 0.15) is 5.82 Å². The van der Waals surface area contributed by atoms with Crippen LogP contribution in [0.2, 0.25) is 5.02 Å². The van der Waals surface area contributed by atoms with Crippen molar-refractivity contribution in [3.8, 4) is 0 Å². The highest BCUT2D eigenvalue weighted by atomic mass is 35.5. The molecule has 2 aromatic heterocycles. The summed E-state index contributed by atoms with van der Waals surface area (Å²) in [6.45, 7) is 9.00. The molecule has 0 aliphatic rings. The van der Waals surface area contributed by atoms with Gasteiger partial charge >= 0.3 is 0 Å². The van der Waals surface area contributed by atoms with E-state index in [2.05, 4.69) is 34.6 Å². The highest BCUT2D eigenvalue weighted by Gasteiger charge is 2.14. The van der Waals surface area contributed by atoms with Crippen LogP contribution in [-0.4, -0.2) is 57.2 Å². The zero-order chi connectivity index (χ0) is 22.2. The topological polar surface area (TPSA) is 94.0 Å². The molecule has 2 N–H and O–H groups in total. The average Bonchev–Trinajstić information content (AvgIpc) is 3.14. The highest BCUT2D eigenvalue weighted by molar-refractivity contribution is 7.99. The van der Waals surface area contributed by atoms with E-state index in [1.165, 1.54) is 0 Å². The molecule has 0 saturated carbocycles. The first-order valence-corrected chi connectivity index (χ1v) is 11.5. The quantitative estimate of drug-likeness (QED) is 0.254. The number of anilines is 1. The molecular formula is C21H27ClN6O2S. The number of fused-ring (bicyclic) bond motifs is 1. The molecule has 8 nitrogen and oxygen atoms in total. The van der Waals surface area contributed by atoms with Crippen LogP contribution in [-0.2, 0) is 11.3 Å². The van der Waals surface area contributed by atoms with E-state index in [9.17, 15) is 4.79 Å². The van der Waals surface area contributed by atoms with Crippen LogP contribution in [0.4, 0.5) is 5.82 Å². The van der Waals surface area contributed by atoms with Crippen LogP contribution in [0.3, 0.4) is 0 Å². The van der Waals surface area contributed by atoms with Crippen LogP contribution in [0.25, 0.3) is 11.0 Å². The van der Waals surface area contributed by atoms with Gasteiger partial charge in [-0.25, -0.2) is 14.6 Å². The van der Waals surface area contributed by atoms with Crippen molar-refractivity contribution in [2.45, 2.75) is 37.7 Å². The molecule has 166 valence electrons. The summed E-state index contributed by atoms with van der Waals surface area (Å²) in [6, 6.07) is 6.79. The van der Waals surface area contributed by atoms with Crippen molar-refractivity contribution in [3.63, 3.8) is 0 Å². The number of halogens is 1. The first-order chi connectivity index (χ1) is 15.0. The fourth-order valence-electron chi connectivity index (χ4n) is 2.86. The Hall–Kier alpha value is -2.36. The smallest absolute Gasteiger partial charge is 0.251 e. The van der Waals surface area contributed by atoms with Crippen LogP contribution in [0.1, 0.15) is 31.1 Å². The van der Waals surface area contributed by atoms with Gasteiger partial charge in [0.2, 0.25) is 0 Å². The number of ether oxygens (including phenoxy) is 1. The number of rotatable bonds is 11. The summed E-state index contributed by atoms with van der Waals surface area (Å²) in [6.07, 6.45) is 1.75. The van der Waals surface area contributed by atoms with Gasteiger partial charge in [0.15, 0.2) is 10.8 Å². The van der Waals surface area contributed by atoms with Crippen molar-refractivity contribution in [2.75, 3.05) is 31.6 Å². The van der Waals surface area contributed by atoms with Gasteiger partial charge in [-0.1, -0.05) is 37.2 Å². The van der Waals surface area contributed by atoms with Crippen molar-refractivity contribution in [2.24, 2.45) is 0 Å². The van der Waals surface area contributed by atoms with Gasteiger partial charge in [-0.05, 0) is 31.2 Å². The summed E-state index contributed by atoms with van der Waals surface area (Å²) in [5, 5.41) is 13.2. The third-order valence-corrected chi connectivity index (χ3v) is 5.39. The maximum absolute atomic E-state index is 12.3. The molecule has 3 rings (SSSR count). The van der Waals surface area contributed by atoms with Crippen LogP contribution >= 0.6 is 23.4 Å². The van der Waals surface area contributed by atoms with Crippen molar-refractivity contribution in [3.05, 3.63) is 41.0 Å². The number of carbonyl (C=O) groups is 1. The Balaban J connectivity index is 1.72. The minimum absolute atomic E-state index is 0.155. The zero-order valence-corrected chi connectivity index (χ0v) is 19.5. The van der Waals surface area contributed by atoms with Gasteiger partial charge in [-0.3, -0.25) is 4.79 Å². The van der Waals surface area contributed by atoms with E-state index in [0.29, 0.717) is 53.8 Å². The number of hydrogen-bond acceptors (Lipinski definition) is 7. The third-order valence-electron chi connectivity index (χ3n) is 4.28. The summed E-state index contributed by atoms with van der Waals surface area (Å²) < 4.78 is 7.20. The Morgan fingerprint density at radius 2 is 2.00 bits per heavy atom. The number of nitrogens with zero attached hydrogens (tertiary/aromatic N) is 4. The Labute approximate surface area is 191 Å². The first-order valence-electron chi connectivity index (χ1n) is 10.2. The third kappa shape index (κ3) is 6.56. The van der Waals surface area contributed by atoms with Crippen LogP contribution in [0.5, 0.6) is 0 Å². The fourth-order valence-corrected chi connectivity index (χ4v) is 3.69. The summed E-state index contributed by atoms with van der Waals surface area (Å²) >= 11 is 7.47. The van der Waals surface area contributed by atoms with Crippen molar-refractivity contribution >= 4 is 46.1 Å². The zero-order valence-electron chi connectivity index (χ0n) is 17.9. The Bertz CT molecular complexity index is 1010. The molecule has 0 radical (unpaired) electrons. The van der Waals surface area contributed by atoms with E-state index in [-0.39, 0.29) is 5.91 Å². The fraction of sp³-hybridized carbons (Fsp3) is 0.429. The average molecular weight is 463 g/mol. The maximum atomic E-state index is 12.3. The summed E-state index contributed by atoms with van der Waals surface area (Å²) in [4.78, 5) is 21.7. The lowest BCUT2D eigenvalue weighted by Crippen LogP contribution is -2.27. The second kappa shape index (κ2) is 11.3. The predicted molar refractivity (Wildman–Crippen MR) is 125 cm³/mol. The predicted octanol–water partition coefficient (Wildman–Crippen LogP) is 3.86. The molecule has 1 aromatic carbocycles. The SMILES string of the molecule is CCOCCNc1nc(SC(C)C)nc2c1cnn2CCNC(=O)c1ccc(Cl)cc1. The van der Waals surface area contributed by atoms with Gasteiger partial charge in [0, 0.05) is 35.5 Å². The number of carbonyl (C=O) groups excluding carboxylic acids is 1. The van der Waals surface area contributed by atoms with Crippen molar-refractivity contribution in [1.82, 2.24) is 25.1 Å². The second-order valence-electron chi connectivity index (χ2n) is 7.01. The molecule has 0 bridgehead atoms. The number of benzene rings is 1. The number of thioether (sulfide) groups is 1. The van der Waals surface area contributed by atoms with Crippen molar-refractivity contribution < 1.29 is 9.53 Å². The second-order valence-corrected chi connectivity index (χ2v) is 8.99. The molecule has 0 aliphatic heterocycles. The Morgan fingerprint density at radius 1 is 1.23 bits per heavy atom. The number of hydrogen-bond donors (Lipinski definition) is 2. The summed E-state index contributed by atoms with van der Waals surface area (Å²) in [5.74, 6) is 0.585. The van der Waals surface area contributed by atoms with E-state index in [4.69, 9.17) is 21.3 Å². The summed E-state index contributed by atoms with van der Waals surface area (Å²) in [7, 11) is 0. The van der Waals surface area contributed by atoms with Crippen LogP contribution in [0.15, 0.2) is 35.6 Å². The van der Waals surface area contributed by atoms with E-state index in [1.54, 1.807) is 46.9 Å². The Morgan fingerprint density at radius 3 is 2.71 bits per heavy atom. The van der Waals surface area contributed by atoms with E-state index in [0.717, 1.165) is 16.9 Å². The van der Waals surface area contributed by atoms with Crippen molar-refractivity contribution in [1.29, 1.82) is 0 Å². The molecule has 0 atom stereocenters. The van der Waals surface area contributed by atoms with Gasteiger partial charge in [0.05, 0.1) is 24.7 Å². The monoisotopic (exact) mass is 462 g/mol. The molecule has 1 amide bonds. The highest BCUT2D eigenvalue weighted by Crippen LogP contribution is 2.26. The van der Waals surface area contributed by atoms with Crippen LogP contribution in [0, 0.1) is 0 Å². The van der Waals surface area contributed by atoms with Gasteiger partial charge in [-0.15, -0.1) is 0 Å². The molecule has 0 aliphatic carbocycles. The first kappa shape index (κ1) is 23.3. The molecule has 0 spiro atoms. The minimum atomic E-state index is -0.155. The molecule has 2 heterocycles. The lowest BCUT2D eigenvalue weighted by molar-refractivity contribution is 0.0952. The van der Waals surface area contributed by atoms with E-state index in [1.807, 2.05) is 6.92 Å². The molecule has 0 saturated heterocycles. The van der Waals surface area contributed by atoms with E-state index < -0.39 is 0 Å². The molecule has 0 unspecified atom stereocenters. The number of amides is 1. The lowest BCUT2D eigenvalue weighted by atomic mass is 10.2. The largest absolute Gasteiger partial charge is 0.380 e. The molecule has 0 fully saturated rings. The summed E-state index contributed by atoms with van der Waals surface area (Å²) in [5.41, 5.74) is 1.30. The van der Waals surface area contributed by atoms with Gasteiger partial charge in [0.25, 0.3) is 5.91 Å². The molecule has 31 heavy (non-hydrogen) atoms. The molecular weight excluding hydrogens is 436 g/mol. The number of aromatic nitrogens is 4. The standard InChI is InChI=1S/C21H27ClN6O2S/c1-4-30-12-10-23-18-17-13-25-28(19(17)27-21(26-18)31-14(2)3)11-9-24-20(29)15-5-7-16(22)8-6-15/h5-8,13-14H,4,9-12H2,1-3H3,(H,24,29)(H,23,26,27).